The number of piperazine rings is 1. The molecule has 0 spiro atoms. The molecule has 0 aliphatic carbocycles. The van der Waals surface area contributed by atoms with Gasteiger partial charge in [0.15, 0.2) is 5.16 Å². The van der Waals surface area contributed by atoms with Crippen LogP contribution in [0.25, 0.3) is 10.9 Å². The lowest BCUT2D eigenvalue weighted by Gasteiger charge is -2.34. The summed E-state index contributed by atoms with van der Waals surface area (Å²) in [5.74, 6) is 1.02. The average molecular weight is 439 g/mol. The molecule has 3 heterocycles. The fourth-order valence-electron chi connectivity index (χ4n) is 3.60. The fraction of sp³-hybridized carbons (Fsp3) is 0.409. The minimum absolute atomic E-state index is 0.0366. The molecular formula is C22H26N6O2S. The lowest BCUT2D eigenvalue weighted by atomic mass is 10.2. The quantitative estimate of drug-likeness (QED) is 0.414. The summed E-state index contributed by atoms with van der Waals surface area (Å²) in [6.07, 6.45) is 5.33. The topological polar surface area (TPSA) is 84.2 Å². The van der Waals surface area contributed by atoms with Gasteiger partial charge in [0, 0.05) is 45.1 Å². The van der Waals surface area contributed by atoms with E-state index in [1.54, 1.807) is 23.0 Å². The molecule has 0 unspecified atom stereocenters. The number of nitrogens with zero attached hydrogens (tertiary/aromatic N) is 6. The van der Waals surface area contributed by atoms with Gasteiger partial charge in [-0.2, -0.15) is 0 Å². The Balaban J connectivity index is 1.43. The highest BCUT2D eigenvalue weighted by Crippen LogP contribution is 2.20. The van der Waals surface area contributed by atoms with Crippen LogP contribution >= 0.6 is 11.8 Å². The Bertz CT molecular complexity index is 1100. The van der Waals surface area contributed by atoms with Gasteiger partial charge in [0.2, 0.25) is 11.9 Å². The first-order chi connectivity index (χ1) is 15.2. The molecule has 2 aromatic heterocycles. The van der Waals surface area contributed by atoms with Crippen LogP contribution in [0, 0.1) is 0 Å². The molecule has 162 valence electrons. The lowest BCUT2D eigenvalue weighted by Crippen LogP contribution is -2.49. The van der Waals surface area contributed by atoms with Crippen molar-refractivity contribution in [3.8, 4) is 0 Å². The van der Waals surface area contributed by atoms with Gasteiger partial charge in [-0.25, -0.2) is 15.0 Å². The molecule has 8 nitrogen and oxygen atoms in total. The second-order valence-corrected chi connectivity index (χ2v) is 8.37. The largest absolute Gasteiger partial charge is 0.338 e. The molecule has 1 aliphatic heterocycles. The van der Waals surface area contributed by atoms with Crippen LogP contribution in [0.4, 0.5) is 5.95 Å². The predicted octanol–water partition coefficient (Wildman–Crippen LogP) is 2.43. The number of fused-ring (bicyclic) bond motifs is 1. The third kappa shape index (κ3) is 4.87. The summed E-state index contributed by atoms with van der Waals surface area (Å²) in [5.41, 5.74) is 0.636. The van der Waals surface area contributed by atoms with E-state index < -0.39 is 0 Å². The number of benzene rings is 1. The van der Waals surface area contributed by atoms with Crippen molar-refractivity contribution in [2.75, 3.05) is 36.8 Å². The van der Waals surface area contributed by atoms with Crippen molar-refractivity contribution < 1.29 is 4.79 Å². The third-order valence-electron chi connectivity index (χ3n) is 5.35. The number of aromatic nitrogens is 4. The summed E-state index contributed by atoms with van der Waals surface area (Å²) in [6.45, 7) is 5.37. The van der Waals surface area contributed by atoms with Gasteiger partial charge in [-0.1, -0.05) is 37.2 Å². The first-order valence-electron chi connectivity index (χ1n) is 10.6. The molecule has 4 rings (SSSR count). The smallest absolute Gasteiger partial charge is 0.262 e. The van der Waals surface area contributed by atoms with Crippen LogP contribution < -0.4 is 10.5 Å². The van der Waals surface area contributed by atoms with E-state index >= 15 is 0 Å². The molecule has 9 heteroatoms. The molecule has 0 atom stereocenters. The van der Waals surface area contributed by atoms with E-state index in [9.17, 15) is 9.59 Å². The van der Waals surface area contributed by atoms with E-state index in [1.807, 2.05) is 29.2 Å². The number of amides is 1. The molecular weight excluding hydrogens is 412 g/mol. The highest BCUT2D eigenvalue weighted by Gasteiger charge is 2.23. The van der Waals surface area contributed by atoms with Crippen LogP contribution in [0.15, 0.2) is 52.7 Å². The fourth-order valence-corrected chi connectivity index (χ4v) is 4.53. The molecule has 1 fully saturated rings. The summed E-state index contributed by atoms with van der Waals surface area (Å²) in [4.78, 5) is 43.0. The minimum Gasteiger partial charge on any atom is -0.338 e. The maximum Gasteiger partial charge on any atom is 0.262 e. The SMILES string of the molecule is CCCCn1c(SCC(=O)N2CCN(c3ncccn3)CC2)nc2ccccc2c1=O. The van der Waals surface area contributed by atoms with Gasteiger partial charge in [0.05, 0.1) is 16.7 Å². The first-order valence-corrected chi connectivity index (χ1v) is 11.6. The summed E-state index contributed by atoms with van der Waals surface area (Å²) < 4.78 is 1.72. The Morgan fingerprint density at radius 3 is 2.55 bits per heavy atom. The number of thioether (sulfide) groups is 1. The van der Waals surface area contributed by atoms with E-state index in [4.69, 9.17) is 0 Å². The van der Waals surface area contributed by atoms with E-state index in [0.29, 0.717) is 54.7 Å². The van der Waals surface area contributed by atoms with Gasteiger partial charge < -0.3 is 9.80 Å². The standard InChI is InChI=1S/C22H26N6O2S/c1-2-3-11-28-20(30)17-7-4-5-8-18(17)25-22(28)31-16-19(29)26-12-14-27(15-13-26)21-23-9-6-10-24-21/h4-10H,2-3,11-16H2,1H3. The van der Waals surface area contributed by atoms with E-state index in [-0.39, 0.29) is 17.2 Å². The Morgan fingerprint density at radius 2 is 1.81 bits per heavy atom. The summed E-state index contributed by atoms with van der Waals surface area (Å²) >= 11 is 1.35. The van der Waals surface area contributed by atoms with Crippen LogP contribution in [0.5, 0.6) is 0 Å². The van der Waals surface area contributed by atoms with Crippen molar-refractivity contribution in [1.29, 1.82) is 0 Å². The lowest BCUT2D eigenvalue weighted by molar-refractivity contribution is -0.128. The Morgan fingerprint density at radius 1 is 1.06 bits per heavy atom. The van der Waals surface area contributed by atoms with Crippen molar-refractivity contribution in [3.05, 3.63) is 53.1 Å². The number of carbonyl (C=O) groups is 1. The number of rotatable bonds is 7. The number of hydrogen-bond donors (Lipinski definition) is 0. The molecule has 1 aromatic carbocycles. The van der Waals surface area contributed by atoms with Gasteiger partial charge >= 0.3 is 0 Å². The molecule has 0 radical (unpaired) electrons. The van der Waals surface area contributed by atoms with Gasteiger partial charge in [-0.05, 0) is 24.6 Å². The zero-order valence-corrected chi connectivity index (χ0v) is 18.4. The minimum atomic E-state index is -0.0366. The van der Waals surface area contributed by atoms with Gasteiger partial charge in [-0.3, -0.25) is 14.2 Å². The normalized spacial score (nSPS) is 14.2. The number of carbonyl (C=O) groups excluding carboxylic acids is 1. The number of para-hydroxylation sites is 1. The molecule has 0 bridgehead atoms. The van der Waals surface area contributed by atoms with Gasteiger partial charge in [0.1, 0.15) is 0 Å². The molecule has 1 amide bonds. The van der Waals surface area contributed by atoms with Crippen LogP contribution in [0.1, 0.15) is 19.8 Å². The zero-order valence-electron chi connectivity index (χ0n) is 17.6. The van der Waals surface area contributed by atoms with E-state index in [0.717, 1.165) is 12.8 Å². The highest BCUT2D eigenvalue weighted by molar-refractivity contribution is 7.99. The Hall–Kier alpha value is -2.94. The van der Waals surface area contributed by atoms with Crippen LogP contribution in [-0.4, -0.2) is 62.3 Å². The van der Waals surface area contributed by atoms with Crippen molar-refractivity contribution in [2.45, 2.75) is 31.5 Å². The van der Waals surface area contributed by atoms with E-state index in [2.05, 4.69) is 26.8 Å². The highest BCUT2D eigenvalue weighted by atomic mass is 32.2. The second-order valence-electron chi connectivity index (χ2n) is 7.43. The maximum absolute atomic E-state index is 13.0. The van der Waals surface area contributed by atoms with Crippen molar-refractivity contribution >= 4 is 34.5 Å². The molecule has 1 aliphatic rings. The predicted molar refractivity (Wildman–Crippen MR) is 122 cm³/mol. The van der Waals surface area contributed by atoms with Gasteiger partial charge in [0.25, 0.3) is 5.56 Å². The van der Waals surface area contributed by atoms with E-state index in [1.165, 1.54) is 11.8 Å². The zero-order chi connectivity index (χ0) is 21.6. The number of unbranched alkanes of at least 4 members (excludes halogenated alkanes) is 1. The molecule has 0 saturated carbocycles. The summed E-state index contributed by atoms with van der Waals surface area (Å²) in [7, 11) is 0. The van der Waals surface area contributed by atoms with Crippen LogP contribution in [0.2, 0.25) is 0 Å². The van der Waals surface area contributed by atoms with Gasteiger partial charge in [-0.15, -0.1) is 0 Å². The molecule has 1 saturated heterocycles. The van der Waals surface area contributed by atoms with Crippen molar-refractivity contribution in [3.63, 3.8) is 0 Å². The van der Waals surface area contributed by atoms with Crippen molar-refractivity contribution in [2.24, 2.45) is 0 Å². The Labute approximate surface area is 185 Å². The molecule has 3 aromatic rings. The second kappa shape index (κ2) is 9.91. The molecule has 0 N–H and O–H groups in total. The molecule has 31 heavy (non-hydrogen) atoms. The van der Waals surface area contributed by atoms with Crippen LogP contribution in [-0.2, 0) is 11.3 Å². The van der Waals surface area contributed by atoms with Crippen LogP contribution in [0.3, 0.4) is 0 Å². The maximum atomic E-state index is 13.0. The average Bonchev–Trinajstić information content (AvgIpc) is 2.83. The number of hydrogen-bond acceptors (Lipinski definition) is 7. The first kappa shape index (κ1) is 21.3. The monoisotopic (exact) mass is 438 g/mol. The Kier molecular flexibility index (Phi) is 6.81. The summed E-state index contributed by atoms with van der Waals surface area (Å²) in [5, 5.41) is 1.23. The van der Waals surface area contributed by atoms with Crippen molar-refractivity contribution in [1.82, 2.24) is 24.4 Å². The summed E-state index contributed by atoms with van der Waals surface area (Å²) in [6, 6.07) is 9.18. The third-order valence-corrected chi connectivity index (χ3v) is 6.32. The number of anilines is 1.